The van der Waals surface area contributed by atoms with E-state index in [2.05, 4.69) is 12.3 Å². The highest BCUT2D eigenvalue weighted by molar-refractivity contribution is 5.78. The Labute approximate surface area is 128 Å². The van der Waals surface area contributed by atoms with Gasteiger partial charge in [-0.15, -0.1) is 0 Å². The van der Waals surface area contributed by atoms with Gasteiger partial charge in [-0.05, 0) is 17.5 Å². The second-order valence-corrected chi connectivity index (χ2v) is 5.33. The highest BCUT2D eigenvalue weighted by Crippen LogP contribution is 2.12. The van der Waals surface area contributed by atoms with Gasteiger partial charge in [-0.1, -0.05) is 63.3 Å². The lowest BCUT2D eigenvalue weighted by Crippen LogP contribution is -2.31. The molecule has 1 aromatic rings. The summed E-state index contributed by atoms with van der Waals surface area (Å²) in [6, 6.07) is 7.84. The van der Waals surface area contributed by atoms with Crippen molar-refractivity contribution < 1.29 is 9.53 Å². The number of carbonyl (C=O) groups excluding carboxylic acids is 1. The van der Waals surface area contributed by atoms with E-state index in [1.807, 2.05) is 24.3 Å². The van der Waals surface area contributed by atoms with Gasteiger partial charge in [0.15, 0.2) is 0 Å². The zero-order valence-electron chi connectivity index (χ0n) is 13.1. The summed E-state index contributed by atoms with van der Waals surface area (Å²) >= 11 is 0. The van der Waals surface area contributed by atoms with Crippen molar-refractivity contribution in [2.75, 3.05) is 6.61 Å². The predicted octanol–water partition coefficient (Wildman–Crippen LogP) is 3.10. The molecule has 1 amide bonds. The first kappa shape index (κ1) is 17.7. The Bertz CT molecular complexity index is 408. The number of unbranched alkanes of at least 4 members (excludes halogenated alkanes) is 5. The highest BCUT2D eigenvalue weighted by atomic mass is 16.5. The molecule has 0 saturated carbocycles. The number of hydrogen-bond donors (Lipinski definition) is 2. The molecule has 0 aliphatic carbocycles. The summed E-state index contributed by atoms with van der Waals surface area (Å²) in [7, 11) is 0. The number of hydrogen-bond acceptors (Lipinski definition) is 3. The molecule has 21 heavy (non-hydrogen) atoms. The van der Waals surface area contributed by atoms with Crippen molar-refractivity contribution >= 4 is 5.91 Å². The van der Waals surface area contributed by atoms with Crippen LogP contribution in [-0.4, -0.2) is 12.5 Å². The molecule has 0 aliphatic rings. The minimum atomic E-state index is -0.182. The van der Waals surface area contributed by atoms with Crippen LogP contribution in [0.3, 0.4) is 0 Å². The maximum Gasteiger partial charge on any atom is 0.238 e. The Morgan fingerprint density at radius 2 is 1.76 bits per heavy atom. The van der Waals surface area contributed by atoms with Crippen LogP contribution >= 0.6 is 0 Å². The molecule has 4 nitrogen and oxygen atoms in total. The van der Waals surface area contributed by atoms with Gasteiger partial charge in [0.1, 0.15) is 0 Å². The van der Waals surface area contributed by atoms with Crippen molar-refractivity contribution in [3.63, 3.8) is 0 Å². The smallest absolute Gasteiger partial charge is 0.238 e. The first-order valence-electron chi connectivity index (χ1n) is 7.92. The van der Waals surface area contributed by atoms with Crippen molar-refractivity contribution in [2.24, 2.45) is 5.84 Å². The fourth-order valence-corrected chi connectivity index (χ4v) is 2.26. The molecule has 0 saturated heterocycles. The number of carbonyl (C=O) groups is 1. The van der Waals surface area contributed by atoms with Crippen molar-refractivity contribution in [3.8, 4) is 0 Å². The van der Waals surface area contributed by atoms with Gasteiger partial charge in [-0.25, -0.2) is 5.84 Å². The molecular weight excluding hydrogens is 264 g/mol. The molecule has 0 unspecified atom stereocenters. The van der Waals surface area contributed by atoms with Crippen LogP contribution < -0.4 is 11.3 Å². The van der Waals surface area contributed by atoms with Gasteiger partial charge in [0.05, 0.1) is 13.0 Å². The van der Waals surface area contributed by atoms with E-state index in [9.17, 15) is 4.79 Å². The quantitative estimate of drug-likeness (QED) is 0.285. The number of hydrazine groups is 1. The van der Waals surface area contributed by atoms with Gasteiger partial charge >= 0.3 is 0 Å². The summed E-state index contributed by atoms with van der Waals surface area (Å²) in [6.07, 6.45) is 7.87. The lowest BCUT2D eigenvalue weighted by atomic mass is 10.1. The van der Waals surface area contributed by atoms with Crippen LogP contribution in [0.15, 0.2) is 24.3 Å². The Hall–Kier alpha value is -1.39. The fraction of sp³-hybridized carbons (Fsp3) is 0.588. The first-order valence-corrected chi connectivity index (χ1v) is 7.92. The minimum Gasteiger partial charge on any atom is -0.377 e. The first-order chi connectivity index (χ1) is 10.3. The number of benzene rings is 1. The van der Waals surface area contributed by atoms with Gasteiger partial charge in [-0.3, -0.25) is 10.2 Å². The molecule has 0 atom stereocenters. The van der Waals surface area contributed by atoms with Gasteiger partial charge < -0.3 is 4.74 Å². The highest BCUT2D eigenvalue weighted by Gasteiger charge is 2.06. The van der Waals surface area contributed by atoms with E-state index in [1.54, 1.807) is 0 Å². The molecule has 0 heterocycles. The Kier molecular flexibility index (Phi) is 9.49. The van der Waals surface area contributed by atoms with Crippen LogP contribution in [0.4, 0.5) is 0 Å². The van der Waals surface area contributed by atoms with Crippen molar-refractivity contribution in [3.05, 3.63) is 35.4 Å². The van der Waals surface area contributed by atoms with E-state index < -0.39 is 0 Å². The second kappa shape index (κ2) is 11.3. The lowest BCUT2D eigenvalue weighted by Gasteiger charge is -2.09. The third-order valence-corrected chi connectivity index (χ3v) is 3.53. The maximum atomic E-state index is 11.4. The summed E-state index contributed by atoms with van der Waals surface area (Å²) in [6.45, 7) is 3.57. The number of ether oxygens (including phenoxy) is 1. The molecule has 1 aromatic carbocycles. The number of nitrogens with one attached hydrogen (secondary N) is 1. The maximum absolute atomic E-state index is 11.4. The van der Waals surface area contributed by atoms with E-state index in [4.69, 9.17) is 10.6 Å². The molecule has 4 heteroatoms. The summed E-state index contributed by atoms with van der Waals surface area (Å²) in [4.78, 5) is 11.4. The van der Waals surface area contributed by atoms with E-state index in [1.165, 1.54) is 32.1 Å². The summed E-state index contributed by atoms with van der Waals surface area (Å²) in [5.74, 6) is 4.95. The fourth-order valence-electron chi connectivity index (χ4n) is 2.26. The second-order valence-electron chi connectivity index (χ2n) is 5.33. The van der Waals surface area contributed by atoms with Crippen molar-refractivity contribution in [1.29, 1.82) is 0 Å². The molecule has 0 radical (unpaired) electrons. The zero-order chi connectivity index (χ0) is 15.3. The van der Waals surface area contributed by atoms with Crippen molar-refractivity contribution in [1.82, 2.24) is 5.43 Å². The average molecular weight is 292 g/mol. The van der Waals surface area contributed by atoms with Crippen LogP contribution in [-0.2, 0) is 22.6 Å². The Balaban J connectivity index is 2.24. The predicted molar refractivity (Wildman–Crippen MR) is 85.5 cm³/mol. The van der Waals surface area contributed by atoms with E-state index in [0.717, 1.165) is 24.2 Å². The molecule has 0 spiro atoms. The number of nitrogens with two attached hydrogens (primary N) is 1. The SMILES string of the molecule is CCCCCCCCOCc1ccccc1CC(=O)NN. The van der Waals surface area contributed by atoms with Crippen LogP contribution in [0, 0.1) is 0 Å². The van der Waals surface area contributed by atoms with Crippen molar-refractivity contribution in [2.45, 2.75) is 58.5 Å². The molecule has 1 rings (SSSR count). The summed E-state index contributed by atoms with van der Waals surface area (Å²) in [5.41, 5.74) is 4.20. The Morgan fingerprint density at radius 1 is 1.10 bits per heavy atom. The van der Waals surface area contributed by atoms with E-state index in [0.29, 0.717) is 13.0 Å². The molecule has 3 N–H and O–H groups in total. The molecule has 0 bridgehead atoms. The third kappa shape index (κ3) is 7.83. The van der Waals surface area contributed by atoms with E-state index in [-0.39, 0.29) is 5.91 Å². The molecule has 0 fully saturated rings. The molecule has 0 aromatic heterocycles. The largest absolute Gasteiger partial charge is 0.377 e. The third-order valence-electron chi connectivity index (χ3n) is 3.53. The monoisotopic (exact) mass is 292 g/mol. The van der Waals surface area contributed by atoms with Gasteiger partial charge in [0, 0.05) is 6.61 Å². The van der Waals surface area contributed by atoms with Gasteiger partial charge in [0.25, 0.3) is 0 Å². The topological polar surface area (TPSA) is 64.3 Å². The van der Waals surface area contributed by atoms with Crippen LogP contribution in [0.1, 0.15) is 56.6 Å². The van der Waals surface area contributed by atoms with Crippen LogP contribution in [0.2, 0.25) is 0 Å². The van der Waals surface area contributed by atoms with Crippen LogP contribution in [0.25, 0.3) is 0 Å². The van der Waals surface area contributed by atoms with Crippen LogP contribution in [0.5, 0.6) is 0 Å². The minimum absolute atomic E-state index is 0.182. The molecule has 118 valence electrons. The average Bonchev–Trinajstić information content (AvgIpc) is 2.51. The lowest BCUT2D eigenvalue weighted by molar-refractivity contribution is -0.120. The van der Waals surface area contributed by atoms with Gasteiger partial charge in [0.2, 0.25) is 5.91 Å². The summed E-state index contributed by atoms with van der Waals surface area (Å²) < 4.78 is 5.72. The standard InChI is InChI=1S/C17H28N2O2/c1-2-3-4-5-6-9-12-21-14-16-11-8-7-10-15(16)13-17(20)19-18/h7-8,10-11H,2-6,9,12-14,18H2,1H3,(H,19,20). The zero-order valence-corrected chi connectivity index (χ0v) is 13.1. The normalized spacial score (nSPS) is 10.6. The number of amides is 1. The van der Waals surface area contributed by atoms with E-state index >= 15 is 0 Å². The Morgan fingerprint density at radius 3 is 2.48 bits per heavy atom. The number of rotatable bonds is 11. The molecule has 0 aliphatic heterocycles. The van der Waals surface area contributed by atoms with Gasteiger partial charge in [-0.2, -0.15) is 0 Å². The summed E-state index contributed by atoms with van der Waals surface area (Å²) in [5, 5.41) is 0. The molecular formula is C17H28N2O2.